The third-order valence-corrected chi connectivity index (χ3v) is 3.22. The number of hydrogen-bond acceptors (Lipinski definition) is 3. The molecule has 1 aliphatic rings. The van der Waals surface area contributed by atoms with Crippen LogP contribution in [0, 0.1) is 5.92 Å². The zero-order chi connectivity index (χ0) is 11.3. The molecule has 1 aliphatic heterocycles. The Hall–Kier alpha value is -0.610. The van der Waals surface area contributed by atoms with Crippen molar-refractivity contribution in [3.05, 3.63) is 0 Å². The van der Waals surface area contributed by atoms with Gasteiger partial charge in [-0.3, -0.25) is 9.69 Å². The molecule has 0 aromatic carbocycles. The van der Waals surface area contributed by atoms with Crippen molar-refractivity contribution in [3.8, 4) is 0 Å². The lowest BCUT2D eigenvalue weighted by Crippen LogP contribution is -2.43. The van der Waals surface area contributed by atoms with Gasteiger partial charge in [-0.25, -0.2) is 0 Å². The molecule has 0 saturated carbocycles. The normalized spacial score (nSPS) is 25.9. The smallest absolute Gasteiger partial charge is 0.320 e. The highest BCUT2D eigenvalue weighted by Gasteiger charge is 2.26. The van der Waals surface area contributed by atoms with Gasteiger partial charge in [-0.05, 0) is 51.2 Å². The Morgan fingerprint density at radius 1 is 1.53 bits per heavy atom. The predicted octanol–water partition coefficient (Wildman–Crippen LogP) is 0.910. The van der Waals surface area contributed by atoms with E-state index in [1.54, 1.807) is 0 Å². The minimum Gasteiger partial charge on any atom is -0.480 e. The summed E-state index contributed by atoms with van der Waals surface area (Å²) in [7, 11) is 0. The largest absolute Gasteiger partial charge is 0.480 e. The van der Waals surface area contributed by atoms with Gasteiger partial charge in [-0.2, -0.15) is 0 Å². The highest BCUT2D eigenvalue weighted by molar-refractivity contribution is 5.73. The minimum atomic E-state index is -0.727. The van der Waals surface area contributed by atoms with Gasteiger partial charge < -0.3 is 10.8 Å². The van der Waals surface area contributed by atoms with Crippen molar-refractivity contribution < 1.29 is 9.90 Å². The predicted molar refractivity (Wildman–Crippen MR) is 59.7 cm³/mol. The summed E-state index contributed by atoms with van der Waals surface area (Å²) < 4.78 is 0. The Morgan fingerprint density at radius 3 is 2.87 bits per heavy atom. The molecular formula is C11H22N2O2. The van der Waals surface area contributed by atoms with E-state index in [0.717, 1.165) is 31.8 Å². The van der Waals surface area contributed by atoms with Gasteiger partial charge in [0.05, 0.1) is 0 Å². The molecule has 1 rings (SSSR count). The number of hydrogen-bond donors (Lipinski definition) is 2. The van der Waals surface area contributed by atoms with Crippen molar-refractivity contribution in [1.82, 2.24) is 4.90 Å². The molecule has 3 N–H and O–H groups in total. The molecule has 0 radical (unpaired) electrons. The topological polar surface area (TPSA) is 66.6 Å². The van der Waals surface area contributed by atoms with Crippen molar-refractivity contribution in [3.63, 3.8) is 0 Å². The second-order valence-electron chi connectivity index (χ2n) is 4.50. The van der Waals surface area contributed by atoms with Crippen LogP contribution in [0.5, 0.6) is 0 Å². The lowest BCUT2D eigenvalue weighted by molar-refractivity contribution is -0.143. The Bertz CT molecular complexity index is 209. The molecule has 0 bridgehead atoms. The van der Waals surface area contributed by atoms with Crippen LogP contribution in [0.15, 0.2) is 0 Å². The van der Waals surface area contributed by atoms with Gasteiger partial charge in [-0.15, -0.1) is 0 Å². The van der Waals surface area contributed by atoms with Crippen molar-refractivity contribution in [2.24, 2.45) is 11.7 Å². The highest BCUT2D eigenvalue weighted by Crippen LogP contribution is 2.19. The number of carbonyl (C=O) groups is 1. The van der Waals surface area contributed by atoms with Crippen LogP contribution in [-0.2, 0) is 4.79 Å². The van der Waals surface area contributed by atoms with E-state index in [1.807, 2.05) is 0 Å². The first-order valence-corrected chi connectivity index (χ1v) is 5.82. The van der Waals surface area contributed by atoms with Crippen molar-refractivity contribution >= 4 is 5.97 Å². The molecule has 4 heteroatoms. The molecule has 1 saturated heterocycles. The average Bonchev–Trinajstić information content (AvgIpc) is 2.39. The Morgan fingerprint density at radius 2 is 2.27 bits per heavy atom. The van der Waals surface area contributed by atoms with E-state index in [0.29, 0.717) is 13.0 Å². The maximum absolute atomic E-state index is 11.1. The molecule has 2 atom stereocenters. The lowest BCUT2D eigenvalue weighted by Gasteiger charge is -2.26. The monoisotopic (exact) mass is 214 g/mol. The first-order chi connectivity index (χ1) is 7.15. The average molecular weight is 214 g/mol. The Kier molecular flexibility index (Phi) is 5.05. The third kappa shape index (κ3) is 3.80. The number of rotatable bonds is 4. The van der Waals surface area contributed by atoms with E-state index in [1.165, 1.54) is 6.42 Å². The lowest BCUT2D eigenvalue weighted by atomic mass is 10.0. The molecule has 15 heavy (non-hydrogen) atoms. The van der Waals surface area contributed by atoms with E-state index in [2.05, 4.69) is 11.8 Å². The fourth-order valence-electron chi connectivity index (χ4n) is 2.22. The quantitative estimate of drug-likeness (QED) is 0.730. The van der Waals surface area contributed by atoms with E-state index < -0.39 is 5.97 Å². The number of nitrogens with zero attached hydrogens (tertiary/aromatic N) is 1. The van der Waals surface area contributed by atoms with Gasteiger partial charge in [0.15, 0.2) is 0 Å². The molecule has 0 aromatic heterocycles. The molecular weight excluding hydrogens is 192 g/mol. The summed E-state index contributed by atoms with van der Waals surface area (Å²) in [6.07, 6.45) is 3.99. The van der Waals surface area contributed by atoms with E-state index in [4.69, 9.17) is 10.8 Å². The van der Waals surface area contributed by atoms with Gasteiger partial charge in [0.1, 0.15) is 6.04 Å². The summed E-state index contributed by atoms with van der Waals surface area (Å²) in [5, 5.41) is 9.12. The van der Waals surface area contributed by atoms with Gasteiger partial charge in [0.2, 0.25) is 0 Å². The fourth-order valence-corrected chi connectivity index (χ4v) is 2.22. The van der Waals surface area contributed by atoms with Crippen molar-refractivity contribution in [2.75, 3.05) is 19.6 Å². The van der Waals surface area contributed by atoms with Crippen molar-refractivity contribution in [2.45, 2.75) is 38.6 Å². The molecule has 1 heterocycles. The van der Waals surface area contributed by atoms with Gasteiger partial charge in [0.25, 0.3) is 0 Å². The molecule has 4 nitrogen and oxygen atoms in total. The van der Waals surface area contributed by atoms with Crippen LogP contribution in [0.3, 0.4) is 0 Å². The molecule has 0 aromatic rings. The van der Waals surface area contributed by atoms with Crippen LogP contribution in [0.25, 0.3) is 0 Å². The van der Waals surface area contributed by atoms with E-state index >= 15 is 0 Å². The van der Waals surface area contributed by atoms with Crippen molar-refractivity contribution in [1.29, 1.82) is 0 Å². The van der Waals surface area contributed by atoms with E-state index in [-0.39, 0.29) is 6.04 Å². The Balaban J connectivity index is 2.54. The number of nitrogens with two attached hydrogens (primary N) is 1. The fraction of sp³-hybridized carbons (Fsp3) is 0.909. The summed E-state index contributed by atoms with van der Waals surface area (Å²) in [4.78, 5) is 13.2. The zero-order valence-electron chi connectivity index (χ0n) is 9.48. The third-order valence-electron chi connectivity index (χ3n) is 3.22. The summed E-state index contributed by atoms with van der Waals surface area (Å²) >= 11 is 0. The number of likely N-dealkylation sites (tertiary alicyclic amines) is 1. The van der Waals surface area contributed by atoms with Crippen LogP contribution in [-0.4, -0.2) is 41.7 Å². The SMILES string of the molecule is CC1CCCN(C(CCN)C(=O)O)CC1. The number of aliphatic carboxylic acids is 1. The van der Waals surface area contributed by atoms with Crippen LogP contribution >= 0.6 is 0 Å². The summed E-state index contributed by atoms with van der Waals surface area (Å²) in [6.45, 7) is 4.49. The number of carboxylic acids is 1. The van der Waals surface area contributed by atoms with Gasteiger partial charge in [-0.1, -0.05) is 6.92 Å². The van der Waals surface area contributed by atoms with Crippen LogP contribution in [0.2, 0.25) is 0 Å². The van der Waals surface area contributed by atoms with Crippen LogP contribution in [0.1, 0.15) is 32.6 Å². The first kappa shape index (κ1) is 12.5. The Labute approximate surface area is 91.4 Å². The molecule has 0 spiro atoms. The second-order valence-corrected chi connectivity index (χ2v) is 4.50. The van der Waals surface area contributed by atoms with Crippen LogP contribution < -0.4 is 5.73 Å². The molecule has 1 fully saturated rings. The summed E-state index contributed by atoms with van der Waals surface area (Å²) in [6, 6.07) is -0.375. The van der Waals surface area contributed by atoms with Gasteiger partial charge in [0, 0.05) is 0 Å². The van der Waals surface area contributed by atoms with Gasteiger partial charge >= 0.3 is 5.97 Å². The standard InChI is InChI=1S/C11H22N2O2/c1-9-3-2-7-13(8-5-9)10(4-6-12)11(14)15/h9-10H,2-8,12H2,1H3,(H,14,15). The summed E-state index contributed by atoms with van der Waals surface area (Å²) in [5.74, 6) is -0.00248. The molecule has 2 unspecified atom stereocenters. The van der Waals surface area contributed by atoms with E-state index in [9.17, 15) is 4.79 Å². The number of carboxylic acid groups (broad SMARTS) is 1. The highest BCUT2D eigenvalue weighted by atomic mass is 16.4. The molecule has 0 amide bonds. The maximum atomic E-state index is 11.1. The molecule has 88 valence electrons. The maximum Gasteiger partial charge on any atom is 0.320 e. The zero-order valence-corrected chi connectivity index (χ0v) is 9.48. The van der Waals surface area contributed by atoms with Crippen LogP contribution in [0.4, 0.5) is 0 Å². The summed E-state index contributed by atoms with van der Waals surface area (Å²) in [5.41, 5.74) is 5.45. The second kappa shape index (κ2) is 6.08. The first-order valence-electron chi connectivity index (χ1n) is 5.82. The minimum absolute atomic E-state index is 0.375. The molecule has 0 aliphatic carbocycles.